The predicted octanol–water partition coefficient (Wildman–Crippen LogP) is 4.38. The molecule has 104 valence electrons. The number of aryl methyl sites for hydroxylation is 1. The van der Waals surface area contributed by atoms with Gasteiger partial charge < -0.3 is 10.1 Å². The lowest BCUT2D eigenvalue weighted by atomic mass is 10.2. The average molecular weight is 446 g/mol. The fourth-order valence-corrected chi connectivity index (χ4v) is 2.19. The summed E-state index contributed by atoms with van der Waals surface area (Å²) in [5, 5.41) is 2.79. The molecule has 0 aliphatic carbocycles. The van der Waals surface area contributed by atoms with Gasteiger partial charge in [0.2, 0.25) is 0 Å². The summed E-state index contributed by atoms with van der Waals surface area (Å²) in [6.07, 6.45) is 0. The van der Waals surface area contributed by atoms with E-state index in [9.17, 15) is 4.79 Å². The van der Waals surface area contributed by atoms with Gasteiger partial charge in [0, 0.05) is 13.7 Å². The Labute approximate surface area is 140 Å². The normalized spacial score (nSPS) is 10.2. The molecule has 0 saturated carbocycles. The molecule has 0 atom stereocenters. The minimum Gasteiger partial charge on any atom is -0.484 e. The lowest BCUT2D eigenvalue weighted by Crippen LogP contribution is -2.20. The highest BCUT2D eigenvalue weighted by Crippen LogP contribution is 2.21. The molecule has 0 aromatic heterocycles. The summed E-state index contributed by atoms with van der Waals surface area (Å²) in [5.74, 6) is 0.509. The first kappa shape index (κ1) is 15.3. The highest BCUT2D eigenvalue weighted by Gasteiger charge is 2.04. The first-order chi connectivity index (χ1) is 9.54. The minimum absolute atomic E-state index is 0.00689. The van der Waals surface area contributed by atoms with Crippen molar-refractivity contribution in [3.8, 4) is 5.75 Å². The molecule has 20 heavy (non-hydrogen) atoms. The van der Waals surface area contributed by atoms with Crippen molar-refractivity contribution in [1.29, 1.82) is 0 Å². The molecule has 0 spiro atoms. The lowest BCUT2D eigenvalue weighted by molar-refractivity contribution is -0.118. The third-order valence-electron chi connectivity index (χ3n) is 2.63. The summed E-state index contributed by atoms with van der Waals surface area (Å²) in [4.78, 5) is 11.8. The van der Waals surface area contributed by atoms with Crippen LogP contribution in [0, 0.1) is 10.5 Å². The monoisotopic (exact) mass is 445 g/mol. The fourth-order valence-electron chi connectivity index (χ4n) is 1.59. The van der Waals surface area contributed by atoms with Gasteiger partial charge in [-0.3, -0.25) is 4.79 Å². The quantitative estimate of drug-likeness (QED) is 0.709. The van der Waals surface area contributed by atoms with Crippen molar-refractivity contribution < 1.29 is 9.53 Å². The van der Waals surface area contributed by atoms with Gasteiger partial charge in [-0.25, -0.2) is 0 Å². The number of rotatable bonds is 4. The van der Waals surface area contributed by atoms with Crippen molar-refractivity contribution in [3.05, 3.63) is 56.1 Å². The Balaban J connectivity index is 1.88. The van der Waals surface area contributed by atoms with E-state index in [0.717, 1.165) is 19.3 Å². The minimum atomic E-state index is -0.174. The van der Waals surface area contributed by atoms with Crippen molar-refractivity contribution >= 4 is 50.1 Å². The summed E-state index contributed by atoms with van der Waals surface area (Å²) in [6, 6.07) is 13.2. The lowest BCUT2D eigenvalue weighted by Gasteiger charge is -2.08. The van der Waals surface area contributed by atoms with Gasteiger partial charge in [-0.05, 0) is 77.5 Å². The standard InChI is InChI=1S/C15H13BrINO2/c1-10-8-13(6-7-14(10)16)20-9-15(19)18-12-4-2-11(17)3-5-12/h2-8H,9H2,1H3,(H,18,19). The zero-order valence-electron chi connectivity index (χ0n) is 10.8. The Morgan fingerprint density at radius 1 is 1.25 bits per heavy atom. The van der Waals surface area contributed by atoms with Crippen LogP contribution in [0.25, 0.3) is 0 Å². The number of halogens is 2. The third-order valence-corrected chi connectivity index (χ3v) is 4.24. The number of ether oxygens (including phenoxy) is 1. The molecule has 0 heterocycles. The Morgan fingerprint density at radius 3 is 2.60 bits per heavy atom. The molecular weight excluding hydrogens is 433 g/mol. The maximum absolute atomic E-state index is 11.8. The molecule has 3 nitrogen and oxygen atoms in total. The molecule has 0 fully saturated rings. The maximum Gasteiger partial charge on any atom is 0.262 e. The first-order valence-corrected chi connectivity index (χ1v) is 7.86. The van der Waals surface area contributed by atoms with Crippen molar-refractivity contribution in [2.45, 2.75) is 6.92 Å². The molecule has 0 unspecified atom stereocenters. The summed E-state index contributed by atoms with van der Waals surface area (Å²) >= 11 is 5.64. The Hall–Kier alpha value is -1.08. The highest BCUT2D eigenvalue weighted by molar-refractivity contribution is 14.1. The number of carbonyl (C=O) groups is 1. The number of nitrogens with one attached hydrogen (secondary N) is 1. The molecule has 0 aliphatic rings. The van der Waals surface area contributed by atoms with Gasteiger partial charge in [-0.1, -0.05) is 15.9 Å². The van der Waals surface area contributed by atoms with E-state index in [4.69, 9.17) is 4.74 Å². The van der Waals surface area contributed by atoms with Gasteiger partial charge in [0.1, 0.15) is 5.75 Å². The maximum atomic E-state index is 11.8. The van der Waals surface area contributed by atoms with Gasteiger partial charge in [0.25, 0.3) is 5.91 Å². The van der Waals surface area contributed by atoms with Crippen molar-refractivity contribution in [3.63, 3.8) is 0 Å². The zero-order valence-corrected chi connectivity index (χ0v) is 14.6. The fraction of sp³-hybridized carbons (Fsp3) is 0.133. The summed E-state index contributed by atoms with van der Waals surface area (Å²) in [5.41, 5.74) is 1.84. The Morgan fingerprint density at radius 2 is 1.95 bits per heavy atom. The summed E-state index contributed by atoms with van der Waals surface area (Å²) in [6.45, 7) is 1.97. The topological polar surface area (TPSA) is 38.3 Å². The second-order valence-electron chi connectivity index (χ2n) is 4.25. The van der Waals surface area contributed by atoms with Gasteiger partial charge in [0.15, 0.2) is 6.61 Å². The number of benzene rings is 2. The van der Waals surface area contributed by atoms with Crippen molar-refractivity contribution in [2.24, 2.45) is 0 Å². The molecule has 2 aromatic rings. The van der Waals surface area contributed by atoms with E-state index < -0.39 is 0 Å². The van der Waals surface area contributed by atoms with Crippen LogP contribution < -0.4 is 10.1 Å². The number of amides is 1. The SMILES string of the molecule is Cc1cc(OCC(=O)Nc2ccc(I)cc2)ccc1Br. The molecule has 0 saturated heterocycles. The molecule has 2 aromatic carbocycles. The number of carbonyl (C=O) groups excluding carboxylic acids is 1. The Bertz CT molecular complexity index is 614. The molecule has 1 N–H and O–H groups in total. The van der Waals surface area contributed by atoms with E-state index in [2.05, 4.69) is 43.8 Å². The van der Waals surface area contributed by atoms with Crippen LogP contribution in [0.3, 0.4) is 0 Å². The molecule has 5 heteroatoms. The van der Waals surface area contributed by atoms with Crippen molar-refractivity contribution in [1.82, 2.24) is 0 Å². The average Bonchev–Trinajstić information content (AvgIpc) is 2.43. The van der Waals surface area contributed by atoms with Gasteiger partial charge in [-0.15, -0.1) is 0 Å². The summed E-state index contributed by atoms with van der Waals surface area (Å²) in [7, 11) is 0. The zero-order chi connectivity index (χ0) is 14.5. The molecule has 0 radical (unpaired) electrons. The molecule has 1 amide bonds. The van der Waals surface area contributed by atoms with Crippen LogP contribution in [-0.2, 0) is 4.79 Å². The third kappa shape index (κ3) is 4.49. The molecule has 0 bridgehead atoms. The van der Waals surface area contributed by atoms with Crippen LogP contribution in [-0.4, -0.2) is 12.5 Å². The Kier molecular flexibility index (Phi) is 5.42. The van der Waals surface area contributed by atoms with Crippen LogP contribution in [0.15, 0.2) is 46.9 Å². The van der Waals surface area contributed by atoms with E-state index in [1.165, 1.54) is 0 Å². The predicted molar refractivity (Wildman–Crippen MR) is 92.2 cm³/mol. The van der Waals surface area contributed by atoms with Gasteiger partial charge >= 0.3 is 0 Å². The van der Waals surface area contributed by atoms with E-state index in [0.29, 0.717) is 5.75 Å². The smallest absolute Gasteiger partial charge is 0.262 e. The van der Waals surface area contributed by atoms with E-state index in [1.807, 2.05) is 49.4 Å². The second kappa shape index (κ2) is 7.08. The van der Waals surface area contributed by atoms with Crippen LogP contribution in [0.5, 0.6) is 5.75 Å². The number of anilines is 1. The number of hydrogen-bond donors (Lipinski definition) is 1. The largest absolute Gasteiger partial charge is 0.484 e. The van der Waals surface area contributed by atoms with Gasteiger partial charge in [0.05, 0.1) is 0 Å². The summed E-state index contributed by atoms with van der Waals surface area (Å²) < 4.78 is 7.61. The molecule has 2 rings (SSSR count). The highest BCUT2D eigenvalue weighted by atomic mass is 127. The first-order valence-electron chi connectivity index (χ1n) is 5.99. The van der Waals surface area contributed by atoms with E-state index >= 15 is 0 Å². The molecular formula is C15H13BrINO2. The van der Waals surface area contributed by atoms with Gasteiger partial charge in [-0.2, -0.15) is 0 Å². The number of hydrogen-bond acceptors (Lipinski definition) is 2. The van der Waals surface area contributed by atoms with E-state index in [1.54, 1.807) is 0 Å². The van der Waals surface area contributed by atoms with E-state index in [-0.39, 0.29) is 12.5 Å². The van der Waals surface area contributed by atoms with Crippen LogP contribution >= 0.6 is 38.5 Å². The van der Waals surface area contributed by atoms with Crippen LogP contribution in [0.4, 0.5) is 5.69 Å². The van der Waals surface area contributed by atoms with Crippen LogP contribution in [0.2, 0.25) is 0 Å². The molecule has 0 aliphatic heterocycles. The second-order valence-corrected chi connectivity index (χ2v) is 6.35. The van der Waals surface area contributed by atoms with Crippen LogP contribution in [0.1, 0.15) is 5.56 Å². The van der Waals surface area contributed by atoms with Crippen molar-refractivity contribution in [2.75, 3.05) is 11.9 Å².